The molecule has 2 aromatic rings. The van der Waals surface area contributed by atoms with Crippen LogP contribution < -0.4 is 4.74 Å². The van der Waals surface area contributed by atoms with Crippen LogP contribution in [0.2, 0.25) is 5.02 Å². The smallest absolute Gasteiger partial charge is 0.138 e. The minimum absolute atomic E-state index is 0.187. The van der Waals surface area contributed by atoms with Gasteiger partial charge in [-0.2, -0.15) is 5.26 Å². The molecular formula is C25H32ClN3O2. The molecule has 1 aromatic heterocycles. The molecule has 4 fully saturated rings. The van der Waals surface area contributed by atoms with Crippen LogP contribution in [0.25, 0.3) is 10.9 Å². The predicted molar refractivity (Wildman–Crippen MR) is 122 cm³/mol. The molecule has 3 atom stereocenters. The first kappa shape index (κ1) is 21.1. The molecule has 2 aliphatic heterocycles. The Bertz CT molecular complexity index is 1050. The van der Waals surface area contributed by atoms with Gasteiger partial charge in [-0.15, -0.1) is 0 Å². The third-order valence-corrected chi connectivity index (χ3v) is 8.66. The SMILES string of the molecule is COc1ccc2[nH]cc(C(C)(C)CC(O)N3C4CC5(C)CC3CC(C#N)(C4)C5)c2c1Cl. The molecule has 2 aliphatic carbocycles. The van der Waals surface area contributed by atoms with E-state index >= 15 is 0 Å². The Morgan fingerprint density at radius 1 is 1.32 bits per heavy atom. The van der Waals surface area contributed by atoms with Crippen LogP contribution in [0, 0.1) is 22.2 Å². The Hall–Kier alpha value is -1.74. The molecule has 3 unspecified atom stereocenters. The summed E-state index contributed by atoms with van der Waals surface area (Å²) in [5, 5.41) is 22.9. The number of hydrogen-bond donors (Lipinski definition) is 2. The summed E-state index contributed by atoms with van der Waals surface area (Å²) in [6.07, 6.45) is 7.05. The van der Waals surface area contributed by atoms with Crippen LogP contribution in [0.5, 0.6) is 5.75 Å². The summed E-state index contributed by atoms with van der Waals surface area (Å²) in [4.78, 5) is 5.68. The Balaban J connectivity index is 1.43. The molecule has 3 heterocycles. The number of H-pyrrole nitrogens is 1. The van der Waals surface area contributed by atoms with Crippen molar-refractivity contribution in [1.82, 2.24) is 9.88 Å². The molecule has 5 nitrogen and oxygen atoms in total. The number of halogens is 1. The summed E-state index contributed by atoms with van der Waals surface area (Å²) in [7, 11) is 1.63. The molecule has 0 spiro atoms. The van der Waals surface area contributed by atoms with E-state index in [0.717, 1.165) is 48.6 Å². The molecule has 2 saturated carbocycles. The molecule has 166 valence electrons. The second-order valence-corrected chi connectivity index (χ2v) is 11.6. The number of aliphatic hydroxyl groups is 1. The van der Waals surface area contributed by atoms with Gasteiger partial charge in [-0.05, 0) is 67.1 Å². The number of aromatic nitrogens is 1. The quantitative estimate of drug-likeness (QED) is 0.654. The maximum atomic E-state index is 11.5. The van der Waals surface area contributed by atoms with Crippen LogP contribution in [0.15, 0.2) is 18.3 Å². The van der Waals surface area contributed by atoms with Crippen molar-refractivity contribution in [1.29, 1.82) is 5.26 Å². The predicted octanol–water partition coefficient (Wildman–Crippen LogP) is 5.36. The number of benzene rings is 1. The lowest BCUT2D eigenvalue weighted by Gasteiger charge is -2.64. The van der Waals surface area contributed by atoms with Gasteiger partial charge in [-0.1, -0.05) is 32.4 Å². The highest BCUT2D eigenvalue weighted by Gasteiger charge is 2.60. The molecule has 2 N–H and O–H groups in total. The number of nitriles is 1. The summed E-state index contributed by atoms with van der Waals surface area (Å²) < 4.78 is 5.43. The van der Waals surface area contributed by atoms with Gasteiger partial charge in [0.1, 0.15) is 12.0 Å². The lowest BCUT2D eigenvalue weighted by molar-refractivity contribution is -0.184. The third kappa shape index (κ3) is 3.18. The van der Waals surface area contributed by atoms with Gasteiger partial charge in [-0.3, -0.25) is 4.90 Å². The van der Waals surface area contributed by atoms with Gasteiger partial charge < -0.3 is 14.8 Å². The molecule has 6 rings (SSSR count). The Labute approximate surface area is 189 Å². The van der Waals surface area contributed by atoms with Crippen molar-refractivity contribution < 1.29 is 9.84 Å². The zero-order valence-corrected chi connectivity index (χ0v) is 19.6. The first-order valence-corrected chi connectivity index (χ1v) is 11.7. The van der Waals surface area contributed by atoms with Crippen LogP contribution in [-0.4, -0.2) is 40.4 Å². The number of ether oxygens (including phenoxy) is 1. The first-order chi connectivity index (χ1) is 14.6. The zero-order valence-electron chi connectivity index (χ0n) is 18.8. The fraction of sp³-hybridized carbons (Fsp3) is 0.640. The maximum Gasteiger partial charge on any atom is 0.138 e. The van der Waals surface area contributed by atoms with Gasteiger partial charge in [0.25, 0.3) is 0 Å². The lowest BCUT2D eigenvalue weighted by atomic mass is 9.50. The average Bonchev–Trinajstić information content (AvgIpc) is 3.12. The van der Waals surface area contributed by atoms with Gasteiger partial charge in [0.2, 0.25) is 0 Å². The molecule has 6 heteroatoms. The average molecular weight is 442 g/mol. The van der Waals surface area contributed by atoms with Crippen molar-refractivity contribution in [2.45, 2.75) is 83.0 Å². The van der Waals surface area contributed by atoms with Crippen molar-refractivity contribution in [2.75, 3.05) is 7.11 Å². The van der Waals surface area contributed by atoms with Crippen molar-refractivity contribution >= 4 is 22.5 Å². The molecule has 0 amide bonds. The van der Waals surface area contributed by atoms with Crippen molar-refractivity contribution in [3.63, 3.8) is 0 Å². The van der Waals surface area contributed by atoms with Crippen molar-refractivity contribution in [3.05, 3.63) is 28.9 Å². The van der Waals surface area contributed by atoms with E-state index in [1.807, 2.05) is 18.3 Å². The number of fused-ring (bicyclic) bond motifs is 1. The summed E-state index contributed by atoms with van der Waals surface area (Å²) >= 11 is 6.68. The number of piperidine rings is 2. The normalized spacial score (nSPS) is 33.6. The number of nitrogens with one attached hydrogen (secondary N) is 1. The second-order valence-electron chi connectivity index (χ2n) is 11.2. The topological polar surface area (TPSA) is 72.3 Å². The number of aromatic amines is 1. The largest absolute Gasteiger partial charge is 0.495 e. The van der Waals surface area contributed by atoms with Gasteiger partial charge in [0.15, 0.2) is 0 Å². The molecule has 2 saturated heterocycles. The van der Waals surface area contributed by atoms with E-state index < -0.39 is 6.23 Å². The Kier molecular flexibility index (Phi) is 4.69. The van der Waals surface area contributed by atoms with Crippen LogP contribution >= 0.6 is 11.6 Å². The molecule has 31 heavy (non-hydrogen) atoms. The molecular weight excluding hydrogens is 410 g/mol. The maximum absolute atomic E-state index is 11.5. The van der Waals surface area contributed by atoms with Crippen LogP contribution in [0.3, 0.4) is 0 Å². The highest BCUT2D eigenvalue weighted by atomic mass is 35.5. The van der Waals surface area contributed by atoms with Crippen molar-refractivity contribution in [2.24, 2.45) is 10.8 Å². The summed E-state index contributed by atoms with van der Waals surface area (Å²) in [6.45, 7) is 6.68. The van der Waals surface area contributed by atoms with Gasteiger partial charge in [0.05, 0.1) is 23.6 Å². The number of methoxy groups -OCH3 is 1. The molecule has 4 aliphatic rings. The van der Waals surface area contributed by atoms with Crippen LogP contribution in [-0.2, 0) is 5.41 Å². The minimum Gasteiger partial charge on any atom is -0.495 e. The summed E-state index contributed by atoms with van der Waals surface area (Å²) in [6, 6.07) is 7.11. The second kappa shape index (κ2) is 6.88. The number of aliphatic hydroxyl groups excluding tert-OH is 1. The van der Waals surface area contributed by atoms with Crippen molar-refractivity contribution in [3.8, 4) is 11.8 Å². The lowest BCUT2D eigenvalue weighted by Crippen LogP contribution is -2.67. The molecule has 1 aromatic carbocycles. The fourth-order valence-electron chi connectivity index (χ4n) is 7.32. The molecule has 0 radical (unpaired) electrons. The van der Waals surface area contributed by atoms with Crippen LogP contribution in [0.4, 0.5) is 0 Å². The van der Waals surface area contributed by atoms with Gasteiger partial charge >= 0.3 is 0 Å². The van der Waals surface area contributed by atoms with E-state index in [1.54, 1.807) is 7.11 Å². The Morgan fingerprint density at radius 2 is 2.00 bits per heavy atom. The van der Waals surface area contributed by atoms with E-state index in [1.165, 1.54) is 0 Å². The number of nitrogens with zero attached hydrogens (tertiary/aromatic N) is 2. The van der Waals surface area contributed by atoms with E-state index in [9.17, 15) is 10.4 Å². The molecule has 4 bridgehead atoms. The Morgan fingerprint density at radius 3 is 2.61 bits per heavy atom. The van der Waals surface area contributed by atoms with E-state index in [0.29, 0.717) is 29.3 Å². The van der Waals surface area contributed by atoms with E-state index in [-0.39, 0.29) is 16.2 Å². The summed E-state index contributed by atoms with van der Waals surface area (Å²) in [5.74, 6) is 0.659. The van der Waals surface area contributed by atoms with Gasteiger partial charge in [0, 0.05) is 29.2 Å². The third-order valence-electron chi connectivity index (χ3n) is 8.29. The number of hydrogen-bond acceptors (Lipinski definition) is 4. The standard InChI is InChI=1S/C25H32ClN3O2/c1-23(2,17-12-28-18-5-6-19(31-4)22(26)21(17)18)11-20(30)29-15-7-24(3)8-16(29)10-25(9-15,13-24)14-27/h5-6,12,15-16,20,28,30H,7-11,13H2,1-4H3. The number of rotatable bonds is 5. The highest BCUT2D eigenvalue weighted by Crippen LogP contribution is 2.62. The van der Waals surface area contributed by atoms with Crippen LogP contribution in [0.1, 0.15) is 64.9 Å². The van der Waals surface area contributed by atoms with Gasteiger partial charge in [-0.25, -0.2) is 0 Å². The summed E-state index contributed by atoms with van der Waals surface area (Å²) in [5.41, 5.74) is 1.83. The first-order valence-electron chi connectivity index (χ1n) is 11.3. The van der Waals surface area contributed by atoms with E-state index in [2.05, 4.69) is 36.7 Å². The zero-order chi connectivity index (χ0) is 22.2. The monoisotopic (exact) mass is 441 g/mol. The minimum atomic E-state index is -0.543. The van der Waals surface area contributed by atoms with E-state index in [4.69, 9.17) is 16.3 Å². The highest BCUT2D eigenvalue weighted by molar-refractivity contribution is 6.37. The fourth-order valence-corrected chi connectivity index (χ4v) is 7.66.